The second kappa shape index (κ2) is 12.5. The lowest BCUT2D eigenvalue weighted by Gasteiger charge is -2.28. The van der Waals surface area contributed by atoms with Crippen molar-refractivity contribution in [2.24, 2.45) is 0 Å². The molecule has 2 nitrogen and oxygen atoms in total. The summed E-state index contributed by atoms with van der Waals surface area (Å²) in [6, 6.07) is 58.2. The van der Waals surface area contributed by atoms with E-state index in [2.05, 4.69) is 78.9 Å². The molecule has 244 valence electrons. The molecule has 0 spiro atoms. The summed E-state index contributed by atoms with van der Waals surface area (Å²) in [5.41, 5.74) is 8.05. The van der Waals surface area contributed by atoms with Crippen molar-refractivity contribution in [3.63, 3.8) is 0 Å². The van der Waals surface area contributed by atoms with Gasteiger partial charge in [-0.1, -0.05) is 146 Å². The largest absolute Gasteiger partial charge is 0.455 e. The number of para-hydroxylation sites is 2. The molecular weight excluding hydrogens is 631 g/mol. The summed E-state index contributed by atoms with van der Waals surface area (Å²) in [5.74, 6) is 0. The molecule has 0 fully saturated rings. The van der Waals surface area contributed by atoms with Crippen molar-refractivity contribution in [1.82, 2.24) is 0 Å². The van der Waals surface area contributed by atoms with E-state index in [0.29, 0.717) is 11.3 Å². The van der Waals surface area contributed by atoms with Crippen LogP contribution in [0.3, 0.4) is 0 Å². The maximum Gasteiger partial charge on any atom is 0.143 e. The van der Waals surface area contributed by atoms with Gasteiger partial charge in [-0.2, -0.15) is 0 Å². The molecule has 0 atom stereocenters. The quantitative estimate of drug-likeness (QED) is 0.175. The zero-order valence-corrected chi connectivity index (χ0v) is 28.1. The predicted molar refractivity (Wildman–Crippen MR) is 220 cm³/mol. The minimum atomic E-state index is -0.124. The van der Waals surface area contributed by atoms with Gasteiger partial charge in [0, 0.05) is 33.1 Å². The average molecular weight is 668 g/mol. The van der Waals surface area contributed by atoms with Crippen molar-refractivity contribution in [2.75, 3.05) is 4.90 Å². The molecule has 0 aliphatic heterocycles. The highest BCUT2D eigenvalue weighted by atomic mass is 16.3. The Kier molecular flexibility index (Phi) is 6.22. The molecule has 0 amide bonds. The fraction of sp³-hybridized carbons (Fsp3) is 0. The van der Waals surface area contributed by atoms with Crippen LogP contribution in [0.25, 0.3) is 76.9 Å². The number of hydrogen-bond donors (Lipinski definition) is 0. The Hall–Kier alpha value is -6.90. The highest BCUT2D eigenvalue weighted by Crippen LogP contribution is 2.43. The SMILES string of the molecule is [2H]c1c([2H])c(N(c2ccc(-c3ccc4ccccc4c3)cc2)c2ccccc2-c2ccc3ccc4c5ccccc5oc4c3c2)c([2H])c([2H])c1-c1ccccc1. The Morgan fingerprint density at radius 2 is 1.04 bits per heavy atom. The molecule has 10 aromatic rings. The number of hydrogen-bond acceptors (Lipinski definition) is 2. The first-order chi connectivity index (χ1) is 27.4. The first kappa shape index (κ1) is 26.0. The first-order valence-electron chi connectivity index (χ1n) is 19.4. The van der Waals surface area contributed by atoms with Crippen LogP contribution in [0.2, 0.25) is 0 Å². The summed E-state index contributed by atoms with van der Waals surface area (Å²) < 4.78 is 43.9. The summed E-state index contributed by atoms with van der Waals surface area (Å²) in [4.78, 5) is 1.88. The molecule has 2 heteroatoms. The van der Waals surface area contributed by atoms with E-state index in [1.807, 2.05) is 102 Å². The third-order valence-corrected chi connectivity index (χ3v) is 9.92. The van der Waals surface area contributed by atoms with Gasteiger partial charge in [-0.25, -0.2) is 0 Å². The maximum absolute atomic E-state index is 9.49. The second-order valence-electron chi connectivity index (χ2n) is 13.0. The summed E-state index contributed by atoms with van der Waals surface area (Å²) in [7, 11) is 0. The zero-order chi connectivity index (χ0) is 37.9. The molecule has 52 heavy (non-hydrogen) atoms. The molecule has 1 aromatic heterocycles. The van der Waals surface area contributed by atoms with Crippen LogP contribution >= 0.6 is 0 Å². The fourth-order valence-corrected chi connectivity index (χ4v) is 7.31. The molecule has 0 saturated carbocycles. The van der Waals surface area contributed by atoms with E-state index in [4.69, 9.17) is 4.42 Å². The molecule has 1 heterocycles. The maximum atomic E-state index is 9.49. The normalized spacial score (nSPS) is 12.5. The molecule has 10 rings (SSSR count). The van der Waals surface area contributed by atoms with Crippen LogP contribution in [0, 0.1) is 0 Å². The summed E-state index contributed by atoms with van der Waals surface area (Å²) in [6.07, 6.45) is 0. The minimum Gasteiger partial charge on any atom is -0.455 e. The van der Waals surface area contributed by atoms with Gasteiger partial charge in [-0.3, -0.25) is 0 Å². The number of benzene rings is 9. The van der Waals surface area contributed by atoms with Gasteiger partial charge in [0.15, 0.2) is 0 Å². The number of rotatable bonds is 6. The predicted octanol–water partition coefficient (Wildman–Crippen LogP) is 14.4. The van der Waals surface area contributed by atoms with E-state index in [1.54, 1.807) is 0 Å². The standard InChI is InChI=1S/C50H33NO/c1-2-10-34(11-3-1)36-22-27-42(28-23-36)51(43-29-24-37(25-30-43)40-20-18-35-12-4-5-13-39(35)32-40)48-16-8-6-14-44(48)41-21-19-38-26-31-46-45-15-7-9-17-49(45)52-50(46)47(38)33-41/h1-33H/i22D,23D,27D,28D. The second-order valence-corrected chi connectivity index (χ2v) is 13.0. The van der Waals surface area contributed by atoms with E-state index in [9.17, 15) is 5.48 Å². The average Bonchev–Trinajstić information content (AvgIpc) is 3.64. The number of nitrogens with zero attached hydrogens (tertiary/aromatic N) is 1. The van der Waals surface area contributed by atoms with Crippen molar-refractivity contribution < 1.29 is 9.90 Å². The summed E-state index contributed by atoms with van der Waals surface area (Å²) in [5, 5.41) is 6.48. The third-order valence-electron chi connectivity index (χ3n) is 9.92. The van der Waals surface area contributed by atoms with E-state index in [0.717, 1.165) is 66.0 Å². The number of fused-ring (bicyclic) bond motifs is 6. The van der Waals surface area contributed by atoms with Crippen LogP contribution < -0.4 is 4.90 Å². The van der Waals surface area contributed by atoms with Gasteiger partial charge in [-0.05, 0) is 98.5 Å². The highest BCUT2D eigenvalue weighted by Gasteiger charge is 2.19. The van der Waals surface area contributed by atoms with Gasteiger partial charge in [0.2, 0.25) is 0 Å². The lowest BCUT2D eigenvalue weighted by molar-refractivity contribution is 0.672. The van der Waals surface area contributed by atoms with Crippen LogP contribution in [0.4, 0.5) is 17.1 Å². The van der Waals surface area contributed by atoms with Gasteiger partial charge in [-0.15, -0.1) is 0 Å². The van der Waals surface area contributed by atoms with Gasteiger partial charge in [0.1, 0.15) is 11.2 Å². The van der Waals surface area contributed by atoms with Gasteiger partial charge in [0.25, 0.3) is 0 Å². The molecule has 9 aromatic carbocycles. The minimum absolute atomic E-state index is 0.0968. The molecule has 0 bridgehead atoms. The van der Waals surface area contributed by atoms with E-state index in [1.165, 1.54) is 5.39 Å². The molecule has 0 aliphatic rings. The zero-order valence-electron chi connectivity index (χ0n) is 32.1. The first-order valence-corrected chi connectivity index (χ1v) is 17.4. The Labute approximate surface area is 308 Å². The van der Waals surface area contributed by atoms with Crippen LogP contribution in [0.1, 0.15) is 5.48 Å². The van der Waals surface area contributed by atoms with Crippen molar-refractivity contribution in [3.8, 4) is 33.4 Å². The lowest BCUT2D eigenvalue weighted by atomic mass is 9.97. The molecule has 0 unspecified atom stereocenters. The van der Waals surface area contributed by atoms with E-state index < -0.39 is 0 Å². The van der Waals surface area contributed by atoms with Gasteiger partial charge in [0.05, 0.1) is 11.2 Å². The third kappa shape index (κ3) is 5.21. The monoisotopic (exact) mass is 667 g/mol. The Balaban J connectivity index is 1.18. The van der Waals surface area contributed by atoms with Gasteiger partial charge >= 0.3 is 0 Å². The Bertz CT molecular complexity index is 3110. The number of furan rings is 1. The smallest absolute Gasteiger partial charge is 0.143 e. The molecule has 0 radical (unpaired) electrons. The fourth-order valence-electron chi connectivity index (χ4n) is 7.31. The van der Waals surface area contributed by atoms with Crippen LogP contribution in [0.15, 0.2) is 205 Å². The Morgan fingerprint density at radius 1 is 0.385 bits per heavy atom. The molecular formula is C50H33NO. The summed E-state index contributed by atoms with van der Waals surface area (Å²) >= 11 is 0. The van der Waals surface area contributed by atoms with Crippen molar-refractivity contribution in [1.29, 1.82) is 0 Å². The molecule has 0 saturated heterocycles. The number of anilines is 3. The Morgan fingerprint density at radius 3 is 1.90 bits per heavy atom. The van der Waals surface area contributed by atoms with Crippen LogP contribution in [-0.4, -0.2) is 0 Å². The molecule has 0 aliphatic carbocycles. The van der Waals surface area contributed by atoms with Crippen molar-refractivity contribution in [2.45, 2.75) is 0 Å². The van der Waals surface area contributed by atoms with Crippen molar-refractivity contribution >= 4 is 60.5 Å². The van der Waals surface area contributed by atoms with E-state index in [-0.39, 0.29) is 35.4 Å². The highest BCUT2D eigenvalue weighted by molar-refractivity contribution is 6.15. The van der Waals surface area contributed by atoms with E-state index >= 15 is 0 Å². The van der Waals surface area contributed by atoms with Crippen LogP contribution in [-0.2, 0) is 0 Å². The molecule has 0 N–H and O–H groups in total. The van der Waals surface area contributed by atoms with Crippen molar-refractivity contribution in [3.05, 3.63) is 200 Å². The summed E-state index contributed by atoms with van der Waals surface area (Å²) in [6.45, 7) is 0. The topological polar surface area (TPSA) is 16.4 Å². The lowest BCUT2D eigenvalue weighted by Crippen LogP contribution is -2.11. The van der Waals surface area contributed by atoms with Crippen LogP contribution in [0.5, 0.6) is 0 Å². The van der Waals surface area contributed by atoms with Gasteiger partial charge < -0.3 is 9.32 Å².